The monoisotopic (exact) mass is 294 g/mol. The molecular formula is C11H14N6O4. The molecule has 0 saturated carbocycles. The highest BCUT2D eigenvalue weighted by atomic mass is 16.6. The van der Waals surface area contributed by atoms with E-state index in [0.29, 0.717) is 6.54 Å². The van der Waals surface area contributed by atoms with Crippen LogP contribution in [-0.2, 0) is 9.59 Å². The Kier molecular flexibility index (Phi) is 4.26. The molecule has 1 aliphatic rings. The summed E-state index contributed by atoms with van der Waals surface area (Å²) in [5.41, 5.74) is -0.339. The highest BCUT2D eigenvalue weighted by Gasteiger charge is 2.31. The van der Waals surface area contributed by atoms with Gasteiger partial charge >= 0.3 is 5.69 Å². The Bertz CT molecular complexity index is 574. The molecule has 10 nitrogen and oxygen atoms in total. The third-order valence-electron chi connectivity index (χ3n) is 2.78. The smallest absolute Gasteiger partial charge is 0.353 e. The van der Waals surface area contributed by atoms with Gasteiger partial charge in [0, 0.05) is 6.54 Å². The van der Waals surface area contributed by atoms with Crippen LogP contribution in [0.5, 0.6) is 0 Å². The Morgan fingerprint density at radius 3 is 2.62 bits per heavy atom. The van der Waals surface area contributed by atoms with Gasteiger partial charge in [0.2, 0.25) is 23.5 Å². The lowest BCUT2D eigenvalue weighted by atomic mass is 10.3. The number of carbonyl (C=O) groups is 2. The van der Waals surface area contributed by atoms with Gasteiger partial charge in [-0.3, -0.25) is 25.0 Å². The van der Waals surface area contributed by atoms with E-state index in [1.807, 2.05) is 6.92 Å². The highest BCUT2D eigenvalue weighted by Crippen LogP contribution is 2.31. The van der Waals surface area contributed by atoms with Crippen molar-refractivity contribution in [2.45, 2.75) is 13.3 Å². The molecule has 0 aliphatic carbocycles. The van der Waals surface area contributed by atoms with Crippen LogP contribution in [-0.4, -0.2) is 46.3 Å². The van der Waals surface area contributed by atoms with Gasteiger partial charge in [-0.25, -0.2) is 9.97 Å². The molecule has 0 bridgehead atoms. The van der Waals surface area contributed by atoms with E-state index in [1.54, 1.807) is 0 Å². The second kappa shape index (κ2) is 6.11. The average molecular weight is 294 g/mol. The van der Waals surface area contributed by atoms with Gasteiger partial charge in [-0.1, -0.05) is 6.92 Å². The fourth-order valence-corrected chi connectivity index (χ4v) is 1.93. The number of aromatic nitrogens is 2. The number of hydrogen-bond donors (Lipinski definition) is 2. The van der Waals surface area contributed by atoms with Gasteiger partial charge in [0.25, 0.3) is 0 Å². The largest absolute Gasteiger partial charge is 0.364 e. The van der Waals surface area contributed by atoms with Gasteiger partial charge < -0.3 is 10.2 Å². The van der Waals surface area contributed by atoms with Crippen molar-refractivity contribution in [2.24, 2.45) is 0 Å². The summed E-state index contributed by atoms with van der Waals surface area (Å²) in [4.78, 5) is 42.4. The molecule has 1 saturated heterocycles. The van der Waals surface area contributed by atoms with Crippen LogP contribution in [0.1, 0.15) is 13.3 Å². The zero-order valence-electron chi connectivity index (χ0n) is 11.3. The summed E-state index contributed by atoms with van der Waals surface area (Å²) >= 11 is 0. The lowest BCUT2D eigenvalue weighted by Crippen LogP contribution is -2.52. The zero-order chi connectivity index (χ0) is 15.4. The van der Waals surface area contributed by atoms with E-state index >= 15 is 0 Å². The number of anilines is 2. The molecule has 0 aromatic carbocycles. The number of nitro groups is 1. The number of carbonyl (C=O) groups excluding carboxylic acids is 2. The molecular weight excluding hydrogens is 280 g/mol. The summed E-state index contributed by atoms with van der Waals surface area (Å²) in [6.45, 7) is 2.08. The molecule has 2 heterocycles. The van der Waals surface area contributed by atoms with Crippen LogP contribution in [0.25, 0.3) is 0 Å². The predicted octanol–water partition coefficient (Wildman–Crippen LogP) is -0.331. The van der Waals surface area contributed by atoms with Crippen LogP contribution < -0.4 is 15.5 Å². The third kappa shape index (κ3) is 3.22. The lowest BCUT2D eigenvalue weighted by molar-refractivity contribution is -0.383. The van der Waals surface area contributed by atoms with Crippen LogP contribution in [0.2, 0.25) is 0 Å². The fraction of sp³-hybridized carbons (Fsp3) is 0.455. The van der Waals surface area contributed by atoms with Gasteiger partial charge in [-0.05, 0) is 6.42 Å². The summed E-state index contributed by atoms with van der Waals surface area (Å²) in [7, 11) is 0. The minimum absolute atomic E-state index is 0.0446. The Morgan fingerprint density at radius 1 is 1.38 bits per heavy atom. The van der Waals surface area contributed by atoms with Crippen molar-refractivity contribution in [1.82, 2.24) is 15.3 Å². The van der Waals surface area contributed by atoms with Gasteiger partial charge in [0.15, 0.2) is 0 Å². The zero-order valence-corrected chi connectivity index (χ0v) is 11.3. The quantitative estimate of drug-likeness (QED) is 0.429. The van der Waals surface area contributed by atoms with E-state index in [0.717, 1.165) is 12.7 Å². The number of nitrogens with one attached hydrogen (secondary N) is 2. The van der Waals surface area contributed by atoms with Crippen molar-refractivity contribution >= 4 is 29.1 Å². The van der Waals surface area contributed by atoms with E-state index in [1.165, 1.54) is 4.90 Å². The summed E-state index contributed by atoms with van der Waals surface area (Å²) in [5.74, 6) is -1.02. The Labute approximate surface area is 119 Å². The van der Waals surface area contributed by atoms with Crippen LogP contribution in [0.15, 0.2) is 6.33 Å². The number of piperazine rings is 1. The standard InChI is InChI=1S/C11H14N6O4/c1-2-3-12-10-9(17(20)21)11(14-6-13-10)16-4-7(18)15-8(19)5-16/h6H,2-5H2,1H3,(H,12,13,14)(H,15,18,19). The van der Waals surface area contributed by atoms with Gasteiger partial charge in [0.05, 0.1) is 18.0 Å². The molecule has 2 amide bonds. The number of imide groups is 1. The first-order valence-corrected chi connectivity index (χ1v) is 6.33. The number of rotatable bonds is 5. The molecule has 112 valence electrons. The van der Waals surface area contributed by atoms with Crippen molar-refractivity contribution in [3.8, 4) is 0 Å². The van der Waals surface area contributed by atoms with E-state index in [2.05, 4.69) is 20.6 Å². The van der Waals surface area contributed by atoms with E-state index < -0.39 is 16.7 Å². The van der Waals surface area contributed by atoms with Gasteiger partial charge in [-0.2, -0.15) is 0 Å². The Hall–Kier alpha value is -2.78. The molecule has 0 unspecified atom stereocenters. The number of hydrogen-bond acceptors (Lipinski definition) is 8. The third-order valence-corrected chi connectivity index (χ3v) is 2.78. The molecule has 0 atom stereocenters. The van der Waals surface area contributed by atoms with E-state index in [4.69, 9.17) is 0 Å². The lowest BCUT2D eigenvalue weighted by Gasteiger charge is -2.26. The van der Waals surface area contributed by atoms with E-state index in [9.17, 15) is 19.7 Å². The van der Waals surface area contributed by atoms with Crippen molar-refractivity contribution < 1.29 is 14.5 Å². The van der Waals surface area contributed by atoms with Gasteiger partial charge in [0.1, 0.15) is 6.33 Å². The first kappa shape index (κ1) is 14.6. The topological polar surface area (TPSA) is 130 Å². The van der Waals surface area contributed by atoms with Crippen molar-refractivity contribution in [1.29, 1.82) is 0 Å². The van der Waals surface area contributed by atoms with Gasteiger partial charge in [-0.15, -0.1) is 0 Å². The van der Waals surface area contributed by atoms with Crippen LogP contribution in [0.4, 0.5) is 17.3 Å². The SMILES string of the molecule is CCCNc1ncnc(N2CC(=O)NC(=O)C2)c1[N+](=O)[O-]. The molecule has 0 spiro atoms. The highest BCUT2D eigenvalue weighted by molar-refractivity contribution is 6.03. The maximum Gasteiger partial charge on any atom is 0.353 e. The molecule has 1 fully saturated rings. The Morgan fingerprint density at radius 2 is 2.05 bits per heavy atom. The second-order valence-corrected chi connectivity index (χ2v) is 4.41. The van der Waals surface area contributed by atoms with Crippen molar-refractivity contribution in [3.05, 3.63) is 16.4 Å². The summed E-state index contributed by atoms with van der Waals surface area (Å²) in [6, 6.07) is 0. The summed E-state index contributed by atoms with van der Waals surface area (Å²) in [5, 5.41) is 16.3. The molecule has 1 aromatic rings. The maximum absolute atomic E-state index is 11.4. The molecule has 2 N–H and O–H groups in total. The minimum Gasteiger partial charge on any atom is -0.364 e. The van der Waals surface area contributed by atoms with Crippen molar-refractivity contribution in [2.75, 3.05) is 29.9 Å². The van der Waals surface area contributed by atoms with E-state index in [-0.39, 0.29) is 30.4 Å². The normalized spacial score (nSPS) is 14.8. The van der Waals surface area contributed by atoms with Crippen LogP contribution in [0.3, 0.4) is 0 Å². The predicted molar refractivity (Wildman–Crippen MR) is 72.8 cm³/mol. The Balaban J connectivity index is 2.40. The van der Waals surface area contributed by atoms with Crippen LogP contribution in [0, 0.1) is 10.1 Å². The first-order chi connectivity index (χ1) is 10.0. The number of nitrogens with zero attached hydrogens (tertiary/aromatic N) is 4. The fourth-order valence-electron chi connectivity index (χ4n) is 1.93. The number of amides is 2. The molecule has 21 heavy (non-hydrogen) atoms. The summed E-state index contributed by atoms with van der Waals surface area (Å²) < 4.78 is 0. The summed E-state index contributed by atoms with van der Waals surface area (Å²) in [6.07, 6.45) is 1.93. The maximum atomic E-state index is 11.4. The molecule has 1 aromatic heterocycles. The first-order valence-electron chi connectivity index (χ1n) is 6.33. The molecule has 10 heteroatoms. The average Bonchev–Trinajstić information content (AvgIpc) is 2.43. The molecule has 1 aliphatic heterocycles. The van der Waals surface area contributed by atoms with Crippen LogP contribution >= 0.6 is 0 Å². The molecule has 2 rings (SSSR count). The second-order valence-electron chi connectivity index (χ2n) is 4.41. The molecule has 0 radical (unpaired) electrons. The van der Waals surface area contributed by atoms with Crippen molar-refractivity contribution in [3.63, 3.8) is 0 Å². The minimum atomic E-state index is -0.621.